The fraction of sp³-hybridized carbons (Fsp3) is 0.467. The van der Waals surface area contributed by atoms with Gasteiger partial charge in [0.15, 0.2) is 0 Å². The zero-order valence-corrected chi connectivity index (χ0v) is 13.5. The minimum Gasteiger partial charge on any atom is -0.497 e. The molecular formula is C15H22N2O3S. The highest BCUT2D eigenvalue weighted by Crippen LogP contribution is 2.26. The number of fused-ring (bicyclic) bond motifs is 1. The van der Waals surface area contributed by atoms with Crippen molar-refractivity contribution >= 4 is 20.9 Å². The summed E-state index contributed by atoms with van der Waals surface area (Å²) in [6, 6.07) is 5.87. The summed E-state index contributed by atoms with van der Waals surface area (Å²) >= 11 is 0. The van der Waals surface area contributed by atoms with E-state index in [1.807, 2.05) is 32.0 Å². The van der Waals surface area contributed by atoms with Gasteiger partial charge in [0.1, 0.15) is 5.75 Å². The Hall–Kier alpha value is -1.53. The van der Waals surface area contributed by atoms with E-state index in [0.29, 0.717) is 19.4 Å². The van der Waals surface area contributed by atoms with Crippen LogP contribution in [-0.4, -0.2) is 32.8 Å². The number of rotatable bonds is 7. The third-order valence-electron chi connectivity index (χ3n) is 3.50. The van der Waals surface area contributed by atoms with Crippen LogP contribution >= 0.6 is 0 Å². The predicted octanol–water partition coefficient (Wildman–Crippen LogP) is 2.36. The number of nitrogens with one attached hydrogen (secondary N) is 2. The molecular weight excluding hydrogens is 288 g/mol. The Morgan fingerprint density at radius 1 is 1.33 bits per heavy atom. The lowest BCUT2D eigenvalue weighted by Crippen LogP contribution is -2.28. The lowest BCUT2D eigenvalue weighted by molar-refractivity contribution is 0.415. The summed E-state index contributed by atoms with van der Waals surface area (Å²) < 4.78 is 31.2. The molecule has 1 heterocycles. The summed E-state index contributed by atoms with van der Waals surface area (Å²) in [5.41, 5.74) is 3.23. The van der Waals surface area contributed by atoms with Gasteiger partial charge in [-0.15, -0.1) is 0 Å². The second-order valence-electron chi connectivity index (χ2n) is 5.10. The van der Waals surface area contributed by atoms with Crippen LogP contribution in [0.4, 0.5) is 0 Å². The number of methoxy groups -OCH3 is 1. The molecule has 5 nitrogen and oxygen atoms in total. The van der Waals surface area contributed by atoms with E-state index in [4.69, 9.17) is 4.74 Å². The predicted molar refractivity (Wildman–Crippen MR) is 85.4 cm³/mol. The summed E-state index contributed by atoms with van der Waals surface area (Å²) in [6.45, 7) is 4.27. The third kappa shape index (κ3) is 3.77. The molecule has 0 amide bonds. The van der Waals surface area contributed by atoms with Crippen LogP contribution in [0.25, 0.3) is 10.9 Å². The first kappa shape index (κ1) is 15.9. The fourth-order valence-corrected chi connectivity index (χ4v) is 3.58. The molecule has 0 bridgehead atoms. The minimum atomic E-state index is -3.15. The zero-order valence-electron chi connectivity index (χ0n) is 12.7. The SMILES string of the molecule is CCCS(=O)(=O)NCCc1c(C)[nH]c2ccc(OC)cc12. The first-order chi connectivity index (χ1) is 9.96. The number of hydrogen-bond acceptors (Lipinski definition) is 3. The monoisotopic (exact) mass is 310 g/mol. The summed E-state index contributed by atoms with van der Waals surface area (Å²) in [7, 11) is -1.51. The molecule has 2 aromatic rings. The van der Waals surface area contributed by atoms with E-state index in [1.165, 1.54) is 0 Å². The summed E-state index contributed by atoms with van der Waals surface area (Å²) in [6.07, 6.45) is 1.28. The van der Waals surface area contributed by atoms with Crippen molar-refractivity contribution < 1.29 is 13.2 Å². The van der Waals surface area contributed by atoms with Crippen molar-refractivity contribution in [2.24, 2.45) is 0 Å². The maximum atomic E-state index is 11.7. The van der Waals surface area contributed by atoms with Gasteiger partial charge in [-0.3, -0.25) is 0 Å². The van der Waals surface area contributed by atoms with Gasteiger partial charge in [0.25, 0.3) is 0 Å². The van der Waals surface area contributed by atoms with Gasteiger partial charge >= 0.3 is 0 Å². The summed E-state index contributed by atoms with van der Waals surface area (Å²) in [5, 5.41) is 1.08. The van der Waals surface area contributed by atoms with E-state index in [1.54, 1.807) is 7.11 Å². The second-order valence-corrected chi connectivity index (χ2v) is 7.03. The Labute approximate surface area is 125 Å². The molecule has 0 aliphatic heterocycles. The summed E-state index contributed by atoms with van der Waals surface area (Å²) in [4.78, 5) is 3.32. The quantitative estimate of drug-likeness (QED) is 0.824. The standard InChI is InChI=1S/C15H22N2O3S/c1-4-9-21(18,19)16-8-7-13-11(2)17-15-6-5-12(20-3)10-14(13)15/h5-6,10,16-17H,4,7-9H2,1-3H3. The van der Waals surface area contributed by atoms with E-state index < -0.39 is 10.0 Å². The smallest absolute Gasteiger partial charge is 0.211 e. The number of ether oxygens (including phenoxy) is 1. The Bertz CT molecular complexity index is 720. The third-order valence-corrected chi connectivity index (χ3v) is 5.09. The molecule has 1 aromatic carbocycles. The molecule has 0 fully saturated rings. The molecule has 0 aliphatic carbocycles. The lowest BCUT2D eigenvalue weighted by atomic mass is 10.1. The first-order valence-corrected chi connectivity index (χ1v) is 8.74. The van der Waals surface area contributed by atoms with E-state index in [-0.39, 0.29) is 5.75 Å². The molecule has 2 rings (SSSR count). The molecule has 21 heavy (non-hydrogen) atoms. The number of aromatic nitrogens is 1. The average molecular weight is 310 g/mol. The van der Waals surface area contributed by atoms with Crippen molar-refractivity contribution in [2.75, 3.05) is 19.4 Å². The zero-order chi connectivity index (χ0) is 15.5. The largest absolute Gasteiger partial charge is 0.497 e. The van der Waals surface area contributed by atoms with Crippen molar-refractivity contribution in [1.82, 2.24) is 9.71 Å². The van der Waals surface area contributed by atoms with Crippen LogP contribution in [0.3, 0.4) is 0 Å². The Morgan fingerprint density at radius 3 is 2.76 bits per heavy atom. The van der Waals surface area contributed by atoms with Crippen LogP contribution in [0, 0.1) is 6.92 Å². The van der Waals surface area contributed by atoms with Gasteiger partial charge in [0, 0.05) is 23.1 Å². The number of H-pyrrole nitrogens is 1. The maximum absolute atomic E-state index is 11.7. The van der Waals surface area contributed by atoms with Crippen molar-refractivity contribution in [3.05, 3.63) is 29.5 Å². The van der Waals surface area contributed by atoms with Gasteiger partial charge in [-0.1, -0.05) is 6.92 Å². The molecule has 0 unspecified atom stereocenters. The number of aryl methyl sites for hydroxylation is 1. The molecule has 0 saturated heterocycles. The number of sulfonamides is 1. The molecule has 0 saturated carbocycles. The molecule has 2 N–H and O–H groups in total. The highest BCUT2D eigenvalue weighted by atomic mass is 32.2. The van der Waals surface area contributed by atoms with Crippen LogP contribution in [0.2, 0.25) is 0 Å². The van der Waals surface area contributed by atoms with E-state index in [9.17, 15) is 8.42 Å². The van der Waals surface area contributed by atoms with Crippen LogP contribution in [-0.2, 0) is 16.4 Å². The number of benzene rings is 1. The van der Waals surface area contributed by atoms with Gasteiger partial charge in [0.05, 0.1) is 12.9 Å². The van der Waals surface area contributed by atoms with Crippen molar-refractivity contribution in [3.63, 3.8) is 0 Å². The van der Waals surface area contributed by atoms with Crippen molar-refractivity contribution in [3.8, 4) is 5.75 Å². The van der Waals surface area contributed by atoms with Crippen LogP contribution in [0.5, 0.6) is 5.75 Å². The maximum Gasteiger partial charge on any atom is 0.211 e. The van der Waals surface area contributed by atoms with Gasteiger partial charge in [-0.25, -0.2) is 13.1 Å². The minimum absolute atomic E-state index is 0.174. The summed E-state index contributed by atoms with van der Waals surface area (Å²) in [5.74, 6) is 0.975. The average Bonchev–Trinajstić information content (AvgIpc) is 2.74. The Balaban J connectivity index is 2.16. The van der Waals surface area contributed by atoms with Crippen LogP contribution in [0.15, 0.2) is 18.2 Å². The van der Waals surface area contributed by atoms with Crippen LogP contribution in [0.1, 0.15) is 24.6 Å². The van der Waals surface area contributed by atoms with E-state index in [0.717, 1.165) is 27.9 Å². The van der Waals surface area contributed by atoms with Crippen molar-refractivity contribution in [1.29, 1.82) is 0 Å². The molecule has 116 valence electrons. The Kier molecular flexibility index (Phi) is 4.90. The van der Waals surface area contributed by atoms with Crippen LogP contribution < -0.4 is 9.46 Å². The number of hydrogen-bond donors (Lipinski definition) is 2. The first-order valence-electron chi connectivity index (χ1n) is 7.09. The number of aromatic amines is 1. The van der Waals surface area contributed by atoms with E-state index in [2.05, 4.69) is 9.71 Å². The molecule has 0 atom stereocenters. The highest BCUT2D eigenvalue weighted by Gasteiger charge is 2.12. The lowest BCUT2D eigenvalue weighted by Gasteiger charge is -2.06. The normalized spacial score (nSPS) is 12.0. The molecule has 6 heteroatoms. The second kappa shape index (κ2) is 6.49. The van der Waals surface area contributed by atoms with Crippen molar-refractivity contribution in [2.45, 2.75) is 26.7 Å². The highest BCUT2D eigenvalue weighted by molar-refractivity contribution is 7.89. The molecule has 1 aromatic heterocycles. The van der Waals surface area contributed by atoms with E-state index >= 15 is 0 Å². The fourth-order valence-electron chi connectivity index (χ4n) is 2.48. The Morgan fingerprint density at radius 2 is 2.10 bits per heavy atom. The van der Waals surface area contributed by atoms with Gasteiger partial charge in [-0.2, -0.15) is 0 Å². The molecule has 0 aliphatic rings. The van der Waals surface area contributed by atoms with Gasteiger partial charge in [-0.05, 0) is 43.5 Å². The topological polar surface area (TPSA) is 71.2 Å². The molecule has 0 radical (unpaired) electrons. The van der Waals surface area contributed by atoms with Gasteiger partial charge < -0.3 is 9.72 Å². The van der Waals surface area contributed by atoms with Gasteiger partial charge in [0.2, 0.25) is 10.0 Å². The molecule has 0 spiro atoms.